The molecule has 1 heterocycles. The molecule has 0 atom stereocenters. The van der Waals surface area contributed by atoms with E-state index in [2.05, 4.69) is 20.6 Å². The molecule has 6 nitrogen and oxygen atoms in total. The van der Waals surface area contributed by atoms with Crippen LogP contribution in [-0.2, 0) is 6.18 Å². The fourth-order valence-electron chi connectivity index (χ4n) is 3.15. The van der Waals surface area contributed by atoms with E-state index in [-0.39, 0.29) is 16.8 Å². The number of carbonyl (C=O) groups excluding carboxylic acids is 2. The number of hydrogen-bond donors (Lipinski definition) is 2. The number of aromatic nitrogens is 2. The van der Waals surface area contributed by atoms with Crippen molar-refractivity contribution in [2.24, 2.45) is 0 Å². The molecule has 0 radical (unpaired) electrons. The number of hydrogen-bond acceptors (Lipinski definition) is 4. The summed E-state index contributed by atoms with van der Waals surface area (Å²) >= 11 is 0. The first kappa shape index (κ1) is 23.6. The van der Waals surface area contributed by atoms with E-state index in [1.165, 1.54) is 30.6 Å². The number of alkyl halides is 3. The lowest BCUT2D eigenvalue weighted by molar-refractivity contribution is -0.136. The molecule has 0 saturated heterocycles. The highest BCUT2D eigenvalue weighted by Gasteiger charge is 2.34. The van der Waals surface area contributed by atoms with E-state index in [0.717, 1.165) is 23.8 Å². The van der Waals surface area contributed by atoms with Crippen LogP contribution in [0.2, 0.25) is 0 Å². The molecule has 0 spiro atoms. The van der Waals surface area contributed by atoms with Crippen molar-refractivity contribution in [1.82, 2.24) is 9.97 Å². The Hall–Kier alpha value is -4.60. The third kappa shape index (κ3) is 5.67. The van der Waals surface area contributed by atoms with Gasteiger partial charge in [-0.3, -0.25) is 9.59 Å². The SMILES string of the molecule is O=C(Nc1ccc(NC(=O)c2cnc(-c3ccccc3)nc2)c(C(F)(F)F)c1)c1ccc(F)cc1. The Bertz CT molecular complexity index is 1360. The molecule has 0 aliphatic carbocycles. The van der Waals surface area contributed by atoms with E-state index in [1.54, 1.807) is 24.3 Å². The third-order valence-electron chi connectivity index (χ3n) is 4.88. The fraction of sp³-hybridized carbons (Fsp3) is 0.0400. The summed E-state index contributed by atoms with van der Waals surface area (Å²) in [6.45, 7) is 0. The van der Waals surface area contributed by atoms with Crippen LogP contribution in [0.15, 0.2) is 85.2 Å². The van der Waals surface area contributed by atoms with Crippen molar-refractivity contribution >= 4 is 23.2 Å². The molecule has 0 aliphatic rings. The number of nitrogens with zero attached hydrogens (tertiary/aromatic N) is 2. The van der Waals surface area contributed by atoms with Gasteiger partial charge in [-0.15, -0.1) is 0 Å². The maximum atomic E-state index is 13.7. The molecule has 0 aliphatic heterocycles. The Kier molecular flexibility index (Phi) is 6.54. The second-order valence-corrected chi connectivity index (χ2v) is 7.33. The van der Waals surface area contributed by atoms with Gasteiger partial charge < -0.3 is 10.6 Å². The first-order chi connectivity index (χ1) is 16.7. The molecule has 2 amide bonds. The maximum Gasteiger partial charge on any atom is 0.418 e. The van der Waals surface area contributed by atoms with Gasteiger partial charge in [0, 0.05) is 29.2 Å². The van der Waals surface area contributed by atoms with Gasteiger partial charge in [0.25, 0.3) is 11.8 Å². The summed E-state index contributed by atoms with van der Waals surface area (Å²) in [4.78, 5) is 33.0. The normalized spacial score (nSPS) is 11.1. The predicted molar refractivity (Wildman–Crippen MR) is 121 cm³/mol. The maximum absolute atomic E-state index is 13.7. The van der Waals surface area contributed by atoms with Crippen LogP contribution in [0.3, 0.4) is 0 Å². The Labute approximate surface area is 196 Å². The molecule has 2 N–H and O–H groups in total. The smallest absolute Gasteiger partial charge is 0.322 e. The van der Waals surface area contributed by atoms with Gasteiger partial charge in [-0.1, -0.05) is 30.3 Å². The summed E-state index contributed by atoms with van der Waals surface area (Å²) in [7, 11) is 0. The van der Waals surface area contributed by atoms with Crippen LogP contribution in [0.4, 0.5) is 28.9 Å². The minimum Gasteiger partial charge on any atom is -0.322 e. The Morgan fingerprint density at radius 1 is 0.743 bits per heavy atom. The molecule has 1 aromatic heterocycles. The minimum atomic E-state index is -4.83. The minimum absolute atomic E-state index is 0.0357. The first-order valence-electron chi connectivity index (χ1n) is 10.2. The predicted octanol–water partition coefficient (Wildman–Crippen LogP) is 5.81. The molecule has 0 bridgehead atoms. The first-order valence-corrected chi connectivity index (χ1v) is 10.2. The van der Waals surface area contributed by atoms with Crippen LogP contribution in [0.5, 0.6) is 0 Å². The number of carbonyl (C=O) groups is 2. The summed E-state index contributed by atoms with van der Waals surface area (Å²) in [6.07, 6.45) is -2.39. The van der Waals surface area contributed by atoms with Crippen molar-refractivity contribution in [1.29, 1.82) is 0 Å². The number of rotatable bonds is 5. The van der Waals surface area contributed by atoms with Crippen molar-refractivity contribution in [2.75, 3.05) is 10.6 Å². The zero-order chi connectivity index (χ0) is 25.0. The number of nitrogens with one attached hydrogen (secondary N) is 2. The second kappa shape index (κ2) is 9.72. The summed E-state index contributed by atoms with van der Waals surface area (Å²) < 4.78 is 54.1. The van der Waals surface area contributed by atoms with Gasteiger partial charge in [0.15, 0.2) is 5.82 Å². The topological polar surface area (TPSA) is 84.0 Å². The molecule has 176 valence electrons. The number of amides is 2. The zero-order valence-electron chi connectivity index (χ0n) is 17.8. The third-order valence-corrected chi connectivity index (χ3v) is 4.88. The number of anilines is 2. The van der Waals surface area contributed by atoms with Crippen LogP contribution in [0, 0.1) is 5.82 Å². The van der Waals surface area contributed by atoms with Gasteiger partial charge in [-0.05, 0) is 42.5 Å². The second-order valence-electron chi connectivity index (χ2n) is 7.33. The Balaban J connectivity index is 1.53. The summed E-state index contributed by atoms with van der Waals surface area (Å²) in [6, 6.07) is 16.4. The van der Waals surface area contributed by atoms with E-state index < -0.39 is 35.1 Å². The quantitative estimate of drug-likeness (QED) is 0.354. The van der Waals surface area contributed by atoms with Crippen LogP contribution in [0.25, 0.3) is 11.4 Å². The fourth-order valence-corrected chi connectivity index (χ4v) is 3.15. The highest BCUT2D eigenvalue weighted by Crippen LogP contribution is 2.37. The Morgan fingerprint density at radius 3 is 2.00 bits per heavy atom. The van der Waals surface area contributed by atoms with E-state index in [4.69, 9.17) is 0 Å². The molecule has 4 rings (SSSR count). The summed E-state index contributed by atoms with van der Waals surface area (Å²) in [5, 5.41) is 4.55. The molecule has 35 heavy (non-hydrogen) atoms. The number of benzene rings is 3. The molecular weight excluding hydrogens is 464 g/mol. The van der Waals surface area contributed by atoms with Gasteiger partial charge in [-0.25, -0.2) is 14.4 Å². The standard InChI is InChI=1S/C25H16F4N4O2/c26-18-8-6-16(7-9-18)23(34)32-19-10-11-21(20(12-19)25(27,28)29)33-24(35)17-13-30-22(31-14-17)15-4-2-1-3-5-15/h1-14H,(H,32,34)(H,33,35). The van der Waals surface area contributed by atoms with Crippen molar-refractivity contribution in [2.45, 2.75) is 6.18 Å². The van der Waals surface area contributed by atoms with Gasteiger partial charge in [0.05, 0.1) is 16.8 Å². The van der Waals surface area contributed by atoms with Crippen LogP contribution in [0.1, 0.15) is 26.3 Å². The van der Waals surface area contributed by atoms with Crippen molar-refractivity contribution in [3.63, 3.8) is 0 Å². The molecule has 0 saturated carbocycles. The van der Waals surface area contributed by atoms with Gasteiger partial charge in [0.1, 0.15) is 5.82 Å². The number of halogens is 4. The van der Waals surface area contributed by atoms with E-state index in [0.29, 0.717) is 11.9 Å². The molecule has 4 aromatic rings. The Morgan fingerprint density at radius 2 is 1.37 bits per heavy atom. The van der Waals surface area contributed by atoms with Gasteiger partial charge in [-0.2, -0.15) is 13.2 Å². The van der Waals surface area contributed by atoms with Crippen LogP contribution >= 0.6 is 0 Å². The molecule has 0 unspecified atom stereocenters. The van der Waals surface area contributed by atoms with Crippen molar-refractivity contribution in [3.8, 4) is 11.4 Å². The van der Waals surface area contributed by atoms with Gasteiger partial charge >= 0.3 is 6.18 Å². The summed E-state index contributed by atoms with van der Waals surface area (Å²) in [5.41, 5.74) is -1.07. The van der Waals surface area contributed by atoms with Crippen LogP contribution < -0.4 is 10.6 Å². The highest BCUT2D eigenvalue weighted by molar-refractivity contribution is 6.06. The van der Waals surface area contributed by atoms with Crippen molar-refractivity contribution < 1.29 is 27.2 Å². The van der Waals surface area contributed by atoms with Crippen molar-refractivity contribution in [3.05, 3.63) is 108 Å². The zero-order valence-corrected chi connectivity index (χ0v) is 17.8. The van der Waals surface area contributed by atoms with E-state index in [1.807, 2.05) is 6.07 Å². The molecule has 0 fully saturated rings. The molecule has 10 heteroatoms. The molecular formula is C25H16F4N4O2. The van der Waals surface area contributed by atoms with Gasteiger partial charge in [0.2, 0.25) is 0 Å². The largest absolute Gasteiger partial charge is 0.418 e. The lowest BCUT2D eigenvalue weighted by Gasteiger charge is -2.16. The highest BCUT2D eigenvalue weighted by atomic mass is 19.4. The molecule has 3 aromatic carbocycles. The van der Waals surface area contributed by atoms with Crippen LogP contribution in [-0.4, -0.2) is 21.8 Å². The summed E-state index contributed by atoms with van der Waals surface area (Å²) in [5.74, 6) is -1.75. The average molecular weight is 480 g/mol. The monoisotopic (exact) mass is 480 g/mol. The average Bonchev–Trinajstić information content (AvgIpc) is 2.85. The van der Waals surface area contributed by atoms with E-state index in [9.17, 15) is 27.2 Å². The lowest BCUT2D eigenvalue weighted by atomic mass is 10.1. The van der Waals surface area contributed by atoms with E-state index >= 15 is 0 Å². The lowest BCUT2D eigenvalue weighted by Crippen LogP contribution is -2.18.